The molecule has 2 amide bonds. The highest BCUT2D eigenvalue weighted by Crippen LogP contribution is 2.26. The predicted octanol–water partition coefficient (Wildman–Crippen LogP) is 4.04. The van der Waals surface area contributed by atoms with Crippen molar-refractivity contribution in [1.82, 2.24) is 5.32 Å². The lowest BCUT2D eigenvalue weighted by Gasteiger charge is -2.22. The van der Waals surface area contributed by atoms with Gasteiger partial charge in [-0.05, 0) is 42.5 Å². The third kappa shape index (κ3) is 4.31. The first kappa shape index (κ1) is 15.5. The zero-order valence-corrected chi connectivity index (χ0v) is 13.1. The van der Waals surface area contributed by atoms with Crippen LogP contribution >= 0.6 is 11.3 Å². The van der Waals surface area contributed by atoms with Gasteiger partial charge in [0.1, 0.15) is 0 Å². The van der Waals surface area contributed by atoms with Gasteiger partial charge in [0.2, 0.25) is 0 Å². The maximum Gasteiger partial charge on any atom is 0.316 e. The van der Waals surface area contributed by atoms with Crippen molar-refractivity contribution in [3.8, 4) is 0 Å². The molecule has 2 unspecified atom stereocenters. The Morgan fingerprint density at radius 3 is 2.52 bits per heavy atom. The van der Waals surface area contributed by atoms with Gasteiger partial charge in [0, 0.05) is 22.6 Å². The van der Waals surface area contributed by atoms with Gasteiger partial charge in [0.25, 0.3) is 0 Å². The lowest BCUT2D eigenvalue weighted by atomic mass is 10.1. The summed E-state index contributed by atoms with van der Waals surface area (Å²) >= 11 is 1.78. The average Bonchev–Trinajstić information content (AvgIpc) is 2.98. The number of carbonyl (C=O) groups excluding carboxylic acids is 1. The van der Waals surface area contributed by atoms with E-state index < -0.39 is 6.03 Å². The van der Waals surface area contributed by atoms with Gasteiger partial charge in [0.05, 0.1) is 0 Å². The van der Waals surface area contributed by atoms with Crippen LogP contribution < -0.4 is 16.4 Å². The van der Waals surface area contributed by atoms with Crippen LogP contribution in [0, 0.1) is 0 Å². The highest BCUT2D eigenvalue weighted by Gasteiger charge is 2.14. The molecular weight excluding hydrogens is 282 g/mol. The molecule has 0 saturated carbocycles. The van der Waals surface area contributed by atoms with Crippen LogP contribution in [0.1, 0.15) is 42.8 Å². The van der Waals surface area contributed by atoms with Gasteiger partial charge < -0.3 is 16.4 Å². The maximum absolute atomic E-state index is 10.8. The van der Waals surface area contributed by atoms with E-state index in [0.29, 0.717) is 11.7 Å². The molecule has 2 atom stereocenters. The summed E-state index contributed by atoms with van der Waals surface area (Å²) in [7, 11) is 0. The van der Waals surface area contributed by atoms with Crippen LogP contribution in [0.3, 0.4) is 0 Å². The summed E-state index contributed by atoms with van der Waals surface area (Å²) in [6.45, 7) is 4.33. The number of thiophene rings is 1. The molecule has 2 aromatic rings. The monoisotopic (exact) mass is 303 g/mol. The van der Waals surface area contributed by atoms with Crippen LogP contribution in [0.15, 0.2) is 41.8 Å². The Kier molecular flexibility index (Phi) is 5.36. The van der Waals surface area contributed by atoms with E-state index in [1.807, 2.05) is 24.3 Å². The molecule has 1 aromatic heterocycles. The van der Waals surface area contributed by atoms with Crippen molar-refractivity contribution in [2.45, 2.75) is 32.4 Å². The number of nitrogens with one attached hydrogen (secondary N) is 2. The molecule has 0 aliphatic rings. The molecule has 0 saturated heterocycles. The maximum atomic E-state index is 10.8. The van der Waals surface area contributed by atoms with Crippen LogP contribution in [-0.2, 0) is 0 Å². The van der Waals surface area contributed by atoms with E-state index in [9.17, 15) is 4.79 Å². The summed E-state index contributed by atoms with van der Waals surface area (Å²) in [5.41, 5.74) is 6.99. The van der Waals surface area contributed by atoms with Crippen molar-refractivity contribution in [2.75, 3.05) is 5.32 Å². The Labute approximate surface area is 129 Å². The molecule has 0 aliphatic heterocycles. The average molecular weight is 303 g/mol. The lowest BCUT2D eigenvalue weighted by molar-refractivity contribution is 0.259. The van der Waals surface area contributed by atoms with Crippen molar-refractivity contribution in [1.29, 1.82) is 0 Å². The van der Waals surface area contributed by atoms with Crippen molar-refractivity contribution < 1.29 is 4.79 Å². The minimum Gasteiger partial charge on any atom is -0.351 e. The zero-order valence-electron chi connectivity index (χ0n) is 12.3. The lowest BCUT2D eigenvalue weighted by Crippen LogP contribution is -2.23. The predicted molar refractivity (Wildman–Crippen MR) is 88.5 cm³/mol. The summed E-state index contributed by atoms with van der Waals surface area (Å²) in [5, 5.41) is 8.32. The van der Waals surface area contributed by atoms with Crippen LogP contribution in [-0.4, -0.2) is 6.03 Å². The Morgan fingerprint density at radius 2 is 2.00 bits per heavy atom. The number of carbonyl (C=O) groups is 1. The molecule has 2 rings (SSSR count). The molecule has 112 valence electrons. The van der Waals surface area contributed by atoms with Gasteiger partial charge in [-0.3, -0.25) is 0 Å². The van der Waals surface area contributed by atoms with Gasteiger partial charge in [-0.15, -0.1) is 11.3 Å². The first-order chi connectivity index (χ1) is 10.1. The first-order valence-electron chi connectivity index (χ1n) is 7.06. The molecule has 0 spiro atoms. The number of rotatable bonds is 6. The molecule has 1 aromatic carbocycles. The van der Waals surface area contributed by atoms with E-state index in [1.54, 1.807) is 11.3 Å². The van der Waals surface area contributed by atoms with E-state index in [4.69, 9.17) is 5.73 Å². The number of hydrogen-bond donors (Lipinski definition) is 3. The zero-order chi connectivity index (χ0) is 15.2. The Bertz CT molecular complexity index is 566. The molecule has 0 fully saturated rings. The summed E-state index contributed by atoms with van der Waals surface area (Å²) in [5.74, 6) is 0. The molecule has 21 heavy (non-hydrogen) atoms. The Hall–Kier alpha value is -1.85. The number of hydrogen-bond acceptors (Lipinski definition) is 3. The molecular formula is C16H21N3OS. The van der Waals surface area contributed by atoms with Crippen molar-refractivity contribution in [3.05, 3.63) is 52.2 Å². The molecule has 4 nitrogen and oxygen atoms in total. The molecule has 0 radical (unpaired) electrons. The highest BCUT2D eigenvalue weighted by molar-refractivity contribution is 7.10. The quantitative estimate of drug-likeness (QED) is 0.754. The largest absolute Gasteiger partial charge is 0.351 e. The van der Waals surface area contributed by atoms with Gasteiger partial charge in [-0.1, -0.05) is 25.1 Å². The molecule has 4 N–H and O–H groups in total. The van der Waals surface area contributed by atoms with Crippen LogP contribution in [0.2, 0.25) is 0 Å². The molecule has 1 heterocycles. The summed E-state index contributed by atoms with van der Waals surface area (Å²) in [4.78, 5) is 12.2. The van der Waals surface area contributed by atoms with Gasteiger partial charge in [-0.25, -0.2) is 4.79 Å². The second kappa shape index (κ2) is 7.24. The highest BCUT2D eigenvalue weighted by atomic mass is 32.1. The number of nitrogens with two attached hydrogens (primary N) is 1. The molecule has 0 bridgehead atoms. The number of anilines is 1. The van der Waals surface area contributed by atoms with E-state index in [-0.39, 0.29) is 6.04 Å². The van der Waals surface area contributed by atoms with Crippen LogP contribution in [0.5, 0.6) is 0 Å². The van der Waals surface area contributed by atoms with E-state index in [2.05, 4.69) is 42.0 Å². The SMILES string of the molecule is CCC(NC(C)c1ccc(NC(N)=O)cc1)c1cccs1. The number of benzene rings is 1. The van der Waals surface area contributed by atoms with Crippen molar-refractivity contribution in [2.24, 2.45) is 5.73 Å². The third-order valence-corrected chi connectivity index (χ3v) is 4.41. The normalized spacial score (nSPS) is 13.6. The fraction of sp³-hybridized carbons (Fsp3) is 0.312. The topological polar surface area (TPSA) is 67.2 Å². The first-order valence-corrected chi connectivity index (χ1v) is 7.94. The Balaban J connectivity index is 2.02. The van der Waals surface area contributed by atoms with Gasteiger partial charge in [0.15, 0.2) is 0 Å². The minimum atomic E-state index is -0.544. The molecule has 5 heteroatoms. The minimum absolute atomic E-state index is 0.236. The van der Waals surface area contributed by atoms with E-state index >= 15 is 0 Å². The van der Waals surface area contributed by atoms with E-state index in [1.165, 1.54) is 10.4 Å². The second-order valence-electron chi connectivity index (χ2n) is 4.98. The second-order valence-corrected chi connectivity index (χ2v) is 5.96. The Morgan fingerprint density at radius 1 is 1.29 bits per heavy atom. The van der Waals surface area contributed by atoms with Gasteiger partial charge in [-0.2, -0.15) is 0 Å². The number of amides is 2. The van der Waals surface area contributed by atoms with Crippen LogP contribution in [0.25, 0.3) is 0 Å². The van der Waals surface area contributed by atoms with Crippen LogP contribution in [0.4, 0.5) is 10.5 Å². The standard InChI is InChI=1S/C16H21N3OS/c1-3-14(15-5-4-10-21-15)18-11(2)12-6-8-13(9-7-12)19-16(17)20/h4-11,14,18H,3H2,1-2H3,(H3,17,19,20). The smallest absolute Gasteiger partial charge is 0.316 e. The third-order valence-electron chi connectivity index (χ3n) is 3.42. The van der Waals surface area contributed by atoms with E-state index in [0.717, 1.165) is 6.42 Å². The fourth-order valence-corrected chi connectivity index (χ4v) is 3.16. The summed E-state index contributed by atoms with van der Waals surface area (Å²) in [6.07, 6.45) is 1.05. The summed E-state index contributed by atoms with van der Waals surface area (Å²) in [6, 6.07) is 12.0. The summed E-state index contributed by atoms with van der Waals surface area (Å²) < 4.78 is 0. The number of urea groups is 1. The number of primary amides is 1. The van der Waals surface area contributed by atoms with Crippen molar-refractivity contribution in [3.63, 3.8) is 0 Å². The van der Waals surface area contributed by atoms with Crippen molar-refractivity contribution >= 4 is 23.1 Å². The van der Waals surface area contributed by atoms with Gasteiger partial charge >= 0.3 is 6.03 Å². The fourth-order valence-electron chi connectivity index (χ4n) is 2.29. The molecule has 0 aliphatic carbocycles.